The largest absolute Gasteiger partial charge is 0.493 e. The van der Waals surface area contributed by atoms with Crippen molar-refractivity contribution < 1.29 is 14.3 Å². The van der Waals surface area contributed by atoms with Crippen LogP contribution < -0.4 is 4.74 Å². The number of benzene rings is 2. The van der Waals surface area contributed by atoms with Gasteiger partial charge in [-0.1, -0.05) is 18.2 Å². The average molecular weight is 469 g/mol. The van der Waals surface area contributed by atoms with Gasteiger partial charge >= 0.3 is 0 Å². The number of hydrogen-bond acceptors (Lipinski definition) is 5. The van der Waals surface area contributed by atoms with Gasteiger partial charge in [0.2, 0.25) is 0 Å². The van der Waals surface area contributed by atoms with Gasteiger partial charge in [-0.25, -0.2) is 4.98 Å². The first-order valence-corrected chi connectivity index (χ1v) is 11.8. The molecular weight excluding hydrogens is 440 g/mol. The summed E-state index contributed by atoms with van der Waals surface area (Å²) in [5.41, 5.74) is 3.42. The Hall–Kier alpha value is -3.97. The number of hydrogen-bond donors (Lipinski definition) is 0. The molecule has 1 atom stereocenters. The molecule has 7 heteroatoms. The lowest BCUT2D eigenvalue weighted by Gasteiger charge is -2.23. The molecule has 1 saturated heterocycles. The van der Waals surface area contributed by atoms with Crippen LogP contribution in [0.15, 0.2) is 91.6 Å². The van der Waals surface area contributed by atoms with Crippen molar-refractivity contribution in [3.8, 4) is 11.4 Å². The minimum atomic E-state index is -0.0535. The van der Waals surface area contributed by atoms with Gasteiger partial charge in [0.15, 0.2) is 0 Å². The SMILES string of the molecule is O=C(c1ccc(-n2ccnc2)cc1)N(Cc1cccc(OCC2CCOC2)c1)Cc1ccccn1. The fourth-order valence-corrected chi connectivity index (χ4v) is 4.14. The van der Waals surface area contributed by atoms with Gasteiger partial charge in [0.25, 0.3) is 5.91 Å². The van der Waals surface area contributed by atoms with E-state index in [-0.39, 0.29) is 5.91 Å². The number of imidazole rings is 1. The molecule has 35 heavy (non-hydrogen) atoms. The number of pyridine rings is 1. The van der Waals surface area contributed by atoms with Crippen LogP contribution in [0.1, 0.15) is 28.0 Å². The van der Waals surface area contributed by atoms with Gasteiger partial charge in [-0.05, 0) is 60.5 Å². The number of amides is 1. The smallest absolute Gasteiger partial charge is 0.254 e. The molecule has 1 aliphatic rings. The Morgan fingerprint density at radius 3 is 2.71 bits per heavy atom. The highest BCUT2D eigenvalue weighted by atomic mass is 16.5. The molecule has 0 radical (unpaired) electrons. The summed E-state index contributed by atoms with van der Waals surface area (Å²) in [7, 11) is 0. The number of nitrogens with zero attached hydrogens (tertiary/aromatic N) is 4. The van der Waals surface area contributed by atoms with Crippen molar-refractivity contribution >= 4 is 5.91 Å². The zero-order valence-electron chi connectivity index (χ0n) is 19.5. The molecule has 5 rings (SSSR count). The first-order valence-electron chi connectivity index (χ1n) is 11.8. The molecule has 3 heterocycles. The maximum Gasteiger partial charge on any atom is 0.254 e. The normalized spacial score (nSPS) is 15.1. The molecular formula is C28H28N4O3. The first kappa shape index (κ1) is 22.8. The Labute approximate surface area is 205 Å². The predicted octanol–water partition coefficient (Wildman–Crippen LogP) is 4.53. The second kappa shape index (κ2) is 11.0. The highest BCUT2D eigenvalue weighted by molar-refractivity contribution is 5.94. The molecule has 2 aromatic heterocycles. The van der Waals surface area contributed by atoms with E-state index in [4.69, 9.17) is 9.47 Å². The molecule has 7 nitrogen and oxygen atoms in total. The summed E-state index contributed by atoms with van der Waals surface area (Å²) in [6.07, 6.45) is 8.12. The van der Waals surface area contributed by atoms with Crippen molar-refractivity contribution in [3.05, 3.63) is 108 Å². The van der Waals surface area contributed by atoms with Gasteiger partial charge in [-0.2, -0.15) is 0 Å². The van der Waals surface area contributed by atoms with Crippen LogP contribution >= 0.6 is 0 Å². The maximum absolute atomic E-state index is 13.6. The molecule has 2 aromatic carbocycles. The lowest BCUT2D eigenvalue weighted by Crippen LogP contribution is -2.30. The summed E-state index contributed by atoms with van der Waals surface area (Å²) in [6, 6.07) is 21.3. The Balaban J connectivity index is 1.33. The van der Waals surface area contributed by atoms with Crippen LogP contribution in [0, 0.1) is 5.92 Å². The zero-order valence-corrected chi connectivity index (χ0v) is 19.5. The highest BCUT2D eigenvalue weighted by Gasteiger charge is 2.19. The molecule has 0 bridgehead atoms. The molecule has 178 valence electrons. The lowest BCUT2D eigenvalue weighted by molar-refractivity contribution is 0.0727. The van der Waals surface area contributed by atoms with E-state index in [2.05, 4.69) is 9.97 Å². The quantitative estimate of drug-likeness (QED) is 0.361. The van der Waals surface area contributed by atoms with Gasteiger partial charge in [-0.3, -0.25) is 9.78 Å². The Kier molecular flexibility index (Phi) is 7.15. The van der Waals surface area contributed by atoms with Gasteiger partial charge in [0.1, 0.15) is 5.75 Å². The van der Waals surface area contributed by atoms with E-state index >= 15 is 0 Å². The molecule has 0 N–H and O–H groups in total. The van der Waals surface area contributed by atoms with E-state index in [0.717, 1.165) is 42.3 Å². The molecule has 0 spiro atoms. The van der Waals surface area contributed by atoms with Crippen molar-refractivity contribution in [1.82, 2.24) is 19.4 Å². The molecule has 1 aliphatic heterocycles. The van der Waals surface area contributed by atoms with Crippen molar-refractivity contribution in [1.29, 1.82) is 0 Å². The summed E-state index contributed by atoms with van der Waals surface area (Å²) in [5, 5.41) is 0. The van der Waals surface area contributed by atoms with E-state index in [0.29, 0.717) is 31.2 Å². The van der Waals surface area contributed by atoms with Crippen LogP contribution in [-0.4, -0.2) is 45.2 Å². The van der Waals surface area contributed by atoms with Crippen LogP contribution in [0.25, 0.3) is 5.69 Å². The molecule has 0 saturated carbocycles. The standard InChI is InChI=1S/C28H28N4O3/c33-28(24-7-9-26(10-8-24)31-14-13-29-21-31)32(18-25-5-1-2-12-30-25)17-22-4-3-6-27(16-22)35-20-23-11-15-34-19-23/h1-10,12-14,16,21,23H,11,15,17-20H2. The minimum Gasteiger partial charge on any atom is -0.493 e. The van der Waals surface area contributed by atoms with Crippen molar-refractivity contribution in [2.75, 3.05) is 19.8 Å². The fraction of sp³-hybridized carbons (Fsp3) is 0.250. The third-order valence-electron chi connectivity index (χ3n) is 6.06. The van der Waals surface area contributed by atoms with Crippen LogP contribution in [0.3, 0.4) is 0 Å². The van der Waals surface area contributed by atoms with E-state index in [1.165, 1.54) is 0 Å². The predicted molar refractivity (Wildman–Crippen MR) is 132 cm³/mol. The van der Waals surface area contributed by atoms with Gasteiger partial charge < -0.3 is 18.9 Å². The van der Waals surface area contributed by atoms with E-state index in [1.54, 1.807) is 18.7 Å². The Morgan fingerprint density at radius 1 is 1.06 bits per heavy atom. The second-order valence-corrected chi connectivity index (χ2v) is 8.69. The van der Waals surface area contributed by atoms with Crippen LogP contribution in [0.4, 0.5) is 0 Å². The summed E-state index contributed by atoms with van der Waals surface area (Å²) in [6.45, 7) is 3.06. The average Bonchev–Trinajstić information content (AvgIpc) is 3.63. The van der Waals surface area contributed by atoms with E-state index < -0.39 is 0 Å². The van der Waals surface area contributed by atoms with Crippen molar-refractivity contribution in [2.24, 2.45) is 5.92 Å². The summed E-state index contributed by atoms with van der Waals surface area (Å²) < 4.78 is 13.4. The van der Waals surface area contributed by atoms with Gasteiger partial charge in [-0.15, -0.1) is 0 Å². The van der Waals surface area contributed by atoms with Crippen LogP contribution in [0.5, 0.6) is 5.75 Å². The van der Waals surface area contributed by atoms with Crippen LogP contribution in [0.2, 0.25) is 0 Å². The number of aromatic nitrogens is 3. The summed E-state index contributed by atoms with van der Waals surface area (Å²) in [5.74, 6) is 1.19. The topological polar surface area (TPSA) is 69.5 Å². The molecule has 1 fully saturated rings. The lowest BCUT2D eigenvalue weighted by atomic mass is 10.1. The van der Waals surface area contributed by atoms with Crippen molar-refractivity contribution in [2.45, 2.75) is 19.5 Å². The van der Waals surface area contributed by atoms with E-state index in [9.17, 15) is 4.79 Å². The molecule has 0 aliphatic carbocycles. The second-order valence-electron chi connectivity index (χ2n) is 8.69. The zero-order chi connectivity index (χ0) is 23.9. The summed E-state index contributed by atoms with van der Waals surface area (Å²) >= 11 is 0. The molecule has 1 unspecified atom stereocenters. The Morgan fingerprint density at radius 2 is 1.97 bits per heavy atom. The number of ether oxygens (including phenoxy) is 2. The first-order chi connectivity index (χ1) is 17.2. The number of carbonyl (C=O) groups excluding carboxylic acids is 1. The van der Waals surface area contributed by atoms with Crippen molar-refractivity contribution in [3.63, 3.8) is 0 Å². The number of carbonyl (C=O) groups is 1. The summed E-state index contributed by atoms with van der Waals surface area (Å²) in [4.78, 5) is 23.9. The molecule has 4 aromatic rings. The maximum atomic E-state index is 13.6. The monoisotopic (exact) mass is 468 g/mol. The third-order valence-corrected chi connectivity index (χ3v) is 6.06. The number of rotatable bonds is 9. The van der Waals surface area contributed by atoms with Gasteiger partial charge in [0.05, 0.1) is 31.8 Å². The highest BCUT2D eigenvalue weighted by Crippen LogP contribution is 2.21. The fourth-order valence-electron chi connectivity index (χ4n) is 4.14. The van der Waals surface area contributed by atoms with Gasteiger partial charge in [0, 0.05) is 48.9 Å². The third kappa shape index (κ3) is 5.94. The Bertz CT molecular complexity index is 1220. The molecule has 1 amide bonds. The minimum absolute atomic E-state index is 0.0535. The van der Waals surface area contributed by atoms with E-state index in [1.807, 2.05) is 82.4 Å². The van der Waals surface area contributed by atoms with Crippen LogP contribution in [-0.2, 0) is 17.8 Å².